The van der Waals surface area contributed by atoms with E-state index in [4.69, 9.17) is 10.5 Å². The molecule has 0 spiro atoms. The van der Waals surface area contributed by atoms with E-state index in [-0.39, 0.29) is 48.8 Å². The first-order valence-electron chi connectivity index (χ1n) is 7.19. The van der Waals surface area contributed by atoms with Gasteiger partial charge in [-0.05, 0) is 12.0 Å². The monoisotopic (exact) mass is 423 g/mol. The molecule has 0 saturated heterocycles. The fourth-order valence-electron chi connectivity index (χ4n) is 2.86. The van der Waals surface area contributed by atoms with E-state index in [1.54, 1.807) is 0 Å². The van der Waals surface area contributed by atoms with Crippen LogP contribution in [0.5, 0.6) is 5.75 Å². The number of nitrogens with zero attached hydrogens (tertiary/aromatic N) is 1. The van der Waals surface area contributed by atoms with Crippen molar-refractivity contribution < 1.29 is 13.5 Å². The summed E-state index contributed by atoms with van der Waals surface area (Å²) >= 11 is 0. The van der Waals surface area contributed by atoms with Gasteiger partial charge >= 0.3 is 0 Å². The summed E-state index contributed by atoms with van der Waals surface area (Å²) in [6, 6.07) is 7.85. The largest absolute Gasteiger partial charge is 0.493 e. The molecule has 3 rings (SSSR count). The van der Waals surface area contributed by atoms with Gasteiger partial charge in [0.1, 0.15) is 5.75 Å². The maximum atomic E-state index is 12.7. The summed E-state index contributed by atoms with van der Waals surface area (Å²) < 4.78 is 31.1. The van der Waals surface area contributed by atoms with Gasteiger partial charge in [0.05, 0.1) is 12.6 Å². The molecule has 0 amide bonds. The lowest BCUT2D eigenvalue weighted by atomic mass is 9.81. The van der Waals surface area contributed by atoms with Crippen molar-refractivity contribution in [3.05, 3.63) is 29.8 Å². The minimum atomic E-state index is -2.50. The van der Waals surface area contributed by atoms with Crippen LogP contribution in [0.1, 0.15) is 30.9 Å². The molecule has 1 aromatic rings. The van der Waals surface area contributed by atoms with Gasteiger partial charge in [0.2, 0.25) is 5.92 Å². The zero-order valence-electron chi connectivity index (χ0n) is 12.1. The SMILES string of the molecule is I.NC(=NCC1CC(F)(F)C1)NC1CCOc2ccccc21. The number of halogens is 3. The predicted octanol–water partition coefficient (Wildman–Crippen LogP) is 3.08. The van der Waals surface area contributed by atoms with Gasteiger partial charge in [-0.2, -0.15) is 0 Å². The van der Waals surface area contributed by atoms with Gasteiger partial charge in [0, 0.05) is 31.4 Å². The van der Waals surface area contributed by atoms with Crippen molar-refractivity contribution in [2.75, 3.05) is 13.2 Å². The Kier molecular flexibility index (Phi) is 5.46. The van der Waals surface area contributed by atoms with E-state index in [0.29, 0.717) is 19.1 Å². The second-order valence-corrected chi connectivity index (χ2v) is 5.73. The van der Waals surface area contributed by atoms with Crippen LogP contribution in [0.15, 0.2) is 29.3 Å². The highest BCUT2D eigenvalue weighted by molar-refractivity contribution is 14.0. The zero-order valence-corrected chi connectivity index (χ0v) is 14.4. The van der Waals surface area contributed by atoms with E-state index in [1.807, 2.05) is 24.3 Å². The molecule has 1 saturated carbocycles. The number of hydrogen-bond acceptors (Lipinski definition) is 2. The molecule has 0 bridgehead atoms. The fraction of sp³-hybridized carbons (Fsp3) is 0.533. The molecular weight excluding hydrogens is 403 g/mol. The summed E-state index contributed by atoms with van der Waals surface area (Å²) in [6.07, 6.45) is 0.641. The van der Waals surface area contributed by atoms with E-state index >= 15 is 0 Å². The van der Waals surface area contributed by atoms with Gasteiger partial charge in [0.25, 0.3) is 0 Å². The van der Waals surface area contributed by atoms with E-state index in [1.165, 1.54) is 0 Å². The predicted molar refractivity (Wildman–Crippen MR) is 92.0 cm³/mol. The third kappa shape index (κ3) is 3.99. The number of para-hydroxylation sites is 1. The van der Waals surface area contributed by atoms with Gasteiger partial charge in [-0.1, -0.05) is 18.2 Å². The van der Waals surface area contributed by atoms with E-state index in [2.05, 4.69) is 10.3 Å². The van der Waals surface area contributed by atoms with Crippen LogP contribution in [0, 0.1) is 5.92 Å². The Bertz CT molecular complexity index is 545. The molecule has 3 N–H and O–H groups in total. The summed E-state index contributed by atoms with van der Waals surface area (Å²) in [5.41, 5.74) is 6.92. The molecule has 1 aromatic carbocycles. The second kappa shape index (κ2) is 6.97. The maximum Gasteiger partial charge on any atom is 0.248 e. The summed E-state index contributed by atoms with van der Waals surface area (Å²) in [5, 5.41) is 3.16. The van der Waals surface area contributed by atoms with Crippen LogP contribution >= 0.6 is 24.0 Å². The Morgan fingerprint density at radius 1 is 1.36 bits per heavy atom. The van der Waals surface area contributed by atoms with E-state index < -0.39 is 5.92 Å². The zero-order chi connectivity index (χ0) is 14.9. The lowest BCUT2D eigenvalue weighted by Gasteiger charge is -2.34. The standard InChI is InChI=1S/C15H19F2N3O.HI/c16-15(17)7-10(8-15)9-19-14(18)20-12-5-6-21-13-4-2-1-3-11(12)13;/h1-4,10,12H,5-9H2,(H3,18,19,20);1H. The third-order valence-corrected chi connectivity index (χ3v) is 3.98. The molecule has 1 atom stereocenters. The van der Waals surface area contributed by atoms with Crippen LogP contribution in [0.2, 0.25) is 0 Å². The summed E-state index contributed by atoms with van der Waals surface area (Å²) in [4.78, 5) is 4.19. The molecule has 1 aliphatic carbocycles. The lowest BCUT2D eigenvalue weighted by molar-refractivity contribution is -0.107. The Labute approximate surface area is 145 Å². The normalized spacial score (nSPS) is 23.5. The molecule has 0 aromatic heterocycles. The highest BCUT2D eigenvalue weighted by Gasteiger charge is 2.44. The van der Waals surface area contributed by atoms with E-state index in [9.17, 15) is 8.78 Å². The quantitative estimate of drug-likeness (QED) is 0.447. The number of ether oxygens (including phenoxy) is 1. The number of hydrogen-bond donors (Lipinski definition) is 2. The van der Waals surface area contributed by atoms with Crippen molar-refractivity contribution in [2.45, 2.75) is 31.2 Å². The minimum Gasteiger partial charge on any atom is -0.493 e. The number of aliphatic imine (C=N–C) groups is 1. The highest BCUT2D eigenvalue weighted by atomic mass is 127. The third-order valence-electron chi connectivity index (χ3n) is 3.98. The molecule has 22 heavy (non-hydrogen) atoms. The molecule has 122 valence electrons. The number of nitrogens with two attached hydrogens (primary N) is 1. The van der Waals surface area contributed by atoms with E-state index in [0.717, 1.165) is 17.7 Å². The molecule has 4 nitrogen and oxygen atoms in total. The minimum absolute atomic E-state index is 0. The Morgan fingerprint density at radius 3 is 2.82 bits per heavy atom. The van der Waals surface area contributed by atoms with Gasteiger partial charge in [-0.25, -0.2) is 8.78 Å². The summed E-state index contributed by atoms with van der Waals surface area (Å²) in [6.45, 7) is 0.982. The lowest BCUT2D eigenvalue weighted by Crippen LogP contribution is -2.40. The van der Waals surface area contributed by atoms with Crippen LogP contribution in [0.3, 0.4) is 0 Å². The first-order chi connectivity index (χ1) is 10.0. The average molecular weight is 423 g/mol. The van der Waals surface area contributed by atoms with Crippen LogP contribution in [0.25, 0.3) is 0 Å². The topological polar surface area (TPSA) is 59.6 Å². The Morgan fingerprint density at radius 2 is 2.09 bits per heavy atom. The van der Waals surface area contributed by atoms with Gasteiger partial charge in [0.15, 0.2) is 5.96 Å². The molecule has 0 radical (unpaired) electrons. The molecule has 1 aliphatic heterocycles. The van der Waals surface area contributed by atoms with Gasteiger partial charge in [-0.15, -0.1) is 24.0 Å². The number of alkyl halides is 2. The van der Waals surface area contributed by atoms with Crippen molar-refractivity contribution in [1.29, 1.82) is 0 Å². The average Bonchev–Trinajstić information content (AvgIpc) is 2.43. The van der Waals surface area contributed by atoms with Gasteiger partial charge < -0.3 is 15.8 Å². The number of benzene rings is 1. The molecule has 2 aliphatic rings. The van der Waals surface area contributed by atoms with Crippen molar-refractivity contribution in [3.8, 4) is 5.75 Å². The molecule has 7 heteroatoms. The Balaban J connectivity index is 0.00000176. The van der Waals surface area contributed by atoms with Crippen LogP contribution < -0.4 is 15.8 Å². The molecule has 1 unspecified atom stereocenters. The van der Waals surface area contributed by atoms with Crippen molar-refractivity contribution in [2.24, 2.45) is 16.6 Å². The van der Waals surface area contributed by atoms with Crippen molar-refractivity contribution in [3.63, 3.8) is 0 Å². The van der Waals surface area contributed by atoms with Crippen molar-refractivity contribution in [1.82, 2.24) is 5.32 Å². The smallest absolute Gasteiger partial charge is 0.248 e. The number of rotatable bonds is 3. The summed E-state index contributed by atoms with van der Waals surface area (Å²) in [7, 11) is 0. The first-order valence-corrected chi connectivity index (χ1v) is 7.19. The molecule has 1 heterocycles. The number of fused-ring (bicyclic) bond motifs is 1. The highest BCUT2D eigenvalue weighted by Crippen LogP contribution is 2.42. The summed E-state index contributed by atoms with van der Waals surface area (Å²) in [5.74, 6) is -1.39. The molecular formula is C15H20F2IN3O. The Hall–Kier alpha value is -1.12. The maximum absolute atomic E-state index is 12.7. The first kappa shape index (κ1) is 17.2. The van der Waals surface area contributed by atoms with Crippen LogP contribution in [0.4, 0.5) is 8.78 Å². The number of nitrogens with one attached hydrogen (secondary N) is 1. The van der Waals surface area contributed by atoms with Gasteiger partial charge in [-0.3, -0.25) is 4.99 Å². The second-order valence-electron chi connectivity index (χ2n) is 5.73. The van der Waals surface area contributed by atoms with Crippen LogP contribution in [-0.4, -0.2) is 25.0 Å². The van der Waals surface area contributed by atoms with Crippen LogP contribution in [-0.2, 0) is 0 Å². The fourth-order valence-corrected chi connectivity index (χ4v) is 2.86. The number of guanidine groups is 1. The van der Waals surface area contributed by atoms with Crippen molar-refractivity contribution >= 4 is 29.9 Å². The molecule has 1 fully saturated rings.